The van der Waals surface area contributed by atoms with Crippen molar-refractivity contribution in [3.05, 3.63) is 35.9 Å². The van der Waals surface area contributed by atoms with E-state index < -0.39 is 0 Å². The topological polar surface area (TPSA) is 41.1 Å². The highest BCUT2D eigenvalue weighted by molar-refractivity contribution is 5.85. The van der Waals surface area contributed by atoms with Crippen LogP contribution in [-0.4, -0.2) is 25.5 Å². The molecule has 1 unspecified atom stereocenters. The number of hydrogen-bond donors (Lipinski definition) is 2. The predicted molar refractivity (Wildman–Crippen MR) is 76.0 cm³/mol. The largest absolute Gasteiger partial charge is 0.355 e. The number of carbonyl (C=O) groups is 1. The van der Waals surface area contributed by atoms with Crippen LogP contribution in [0.3, 0.4) is 0 Å². The molecule has 1 atom stereocenters. The van der Waals surface area contributed by atoms with E-state index in [1.807, 2.05) is 25.1 Å². The lowest BCUT2D eigenvalue weighted by Gasteiger charge is -2.21. The Bertz CT molecular complexity index is 375. The molecule has 1 aromatic carbocycles. The number of nitrogens with one attached hydrogen (secondary N) is 2. The van der Waals surface area contributed by atoms with Crippen molar-refractivity contribution >= 4 is 18.3 Å². The molecule has 4 heteroatoms. The average Bonchev–Trinajstić information content (AvgIpc) is 2.79. The van der Waals surface area contributed by atoms with Crippen LogP contribution in [0.1, 0.15) is 18.9 Å². The van der Waals surface area contributed by atoms with Gasteiger partial charge in [0.15, 0.2) is 0 Å². The van der Waals surface area contributed by atoms with Crippen molar-refractivity contribution in [1.82, 2.24) is 10.6 Å². The molecule has 0 aliphatic carbocycles. The highest BCUT2D eigenvalue weighted by Gasteiger charge is 2.35. The molecule has 1 aromatic rings. The highest BCUT2D eigenvalue weighted by Crippen LogP contribution is 2.24. The molecular weight excluding hydrogens is 248 g/mol. The van der Waals surface area contributed by atoms with Gasteiger partial charge >= 0.3 is 0 Å². The van der Waals surface area contributed by atoms with Gasteiger partial charge in [-0.05, 0) is 31.9 Å². The normalized spacial score (nSPS) is 22.3. The monoisotopic (exact) mass is 268 g/mol. The average molecular weight is 269 g/mol. The lowest BCUT2D eigenvalue weighted by atomic mass is 9.89. The van der Waals surface area contributed by atoms with Gasteiger partial charge in [-0.25, -0.2) is 0 Å². The van der Waals surface area contributed by atoms with Gasteiger partial charge in [0, 0.05) is 13.1 Å². The fourth-order valence-electron chi connectivity index (χ4n) is 2.19. The van der Waals surface area contributed by atoms with Gasteiger partial charge < -0.3 is 10.6 Å². The summed E-state index contributed by atoms with van der Waals surface area (Å²) in [4.78, 5) is 12.0. The van der Waals surface area contributed by atoms with Crippen LogP contribution >= 0.6 is 12.4 Å². The molecule has 100 valence electrons. The SMILES string of the molecule is CC1(C(=O)NCCc2ccccc2)CCNC1.Cl. The highest BCUT2D eigenvalue weighted by atomic mass is 35.5. The van der Waals surface area contributed by atoms with Gasteiger partial charge in [0.05, 0.1) is 5.41 Å². The molecule has 1 fully saturated rings. The Morgan fingerprint density at radius 3 is 2.72 bits per heavy atom. The molecule has 1 aliphatic rings. The minimum Gasteiger partial charge on any atom is -0.355 e. The Morgan fingerprint density at radius 1 is 1.39 bits per heavy atom. The third kappa shape index (κ3) is 3.72. The van der Waals surface area contributed by atoms with Crippen LogP contribution in [-0.2, 0) is 11.2 Å². The summed E-state index contributed by atoms with van der Waals surface area (Å²) in [5, 5.41) is 6.28. The van der Waals surface area contributed by atoms with E-state index in [9.17, 15) is 4.79 Å². The molecule has 1 saturated heterocycles. The van der Waals surface area contributed by atoms with Crippen molar-refractivity contribution in [3.63, 3.8) is 0 Å². The summed E-state index contributed by atoms with van der Waals surface area (Å²) in [7, 11) is 0. The molecule has 1 heterocycles. The molecular formula is C14H21ClN2O. The van der Waals surface area contributed by atoms with Crippen LogP contribution in [0, 0.1) is 5.41 Å². The smallest absolute Gasteiger partial charge is 0.227 e. The van der Waals surface area contributed by atoms with Crippen LogP contribution < -0.4 is 10.6 Å². The standard InChI is InChI=1S/C14H20N2O.ClH/c1-14(8-10-15-11-14)13(17)16-9-7-12-5-3-2-4-6-12;/h2-6,15H,7-11H2,1H3,(H,16,17);1H. The van der Waals surface area contributed by atoms with Gasteiger partial charge in [-0.2, -0.15) is 0 Å². The molecule has 1 aliphatic heterocycles. The maximum Gasteiger partial charge on any atom is 0.227 e. The van der Waals surface area contributed by atoms with Gasteiger partial charge in [-0.1, -0.05) is 30.3 Å². The molecule has 0 radical (unpaired) electrons. The van der Waals surface area contributed by atoms with Crippen LogP contribution in [0.25, 0.3) is 0 Å². The van der Waals surface area contributed by atoms with E-state index in [-0.39, 0.29) is 23.7 Å². The molecule has 2 rings (SSSR count). The van der Waals surface area contributed by atoms with E-state index >= 15 is 0 Å². The number of carbonyl (C=O) groups excluding carboxylic acids is 1. The molecule has 0 saturated carbocycles. The first kappa shape index (κ1) is 15.0. The van der Waals surface area contributed by atoms with E-state index in [4.69, 9.17) is 0 Å². The van der Waals surface area contributed by atoms with Crippen molar-refractivity contribution in [2.24, 2.45) is 5.41 Å². The maximum atomic E-state index is 12.0. The van der Waals surface area contributed by atoms with E-state index in [2.05, 4.69) is 22.8 Å². The Hall–Kier alpha value is -1.06. The number of rotatable bonds is 4. The Balaban J connectivity index is 0.00000162. The summed E-state index contributed by atoms with van der Waals surface area (Å²) in [5.74, 6) is 0.179. The number of hydrogen-bond acceptors (Lipinski definition) is 2. The summed E-state index contributed by atoms with van der Waals surface area (Å²) in [6.45, 7) is 4.50. The van der Waals surface area contributed by atoms with E-state index in [0.29, 0.717) is 0 Å². The van der Waals surface area contributed by atoms with Crippen molar-refractivity contribution in [2.75, 3.05) is 19.6 Å². The summed E-state index contributed by atoms with van der Waals surface area (Å²) >= 11 is 0. The Morgan fingerprint density at radius 2 is 2.11 bits per heavy atom. The van der Waals surface area contributed by atoms with Crippen LogP contribution in [0.2, 0.25) is 0 Å². The van der Waals surface area contributed by atoms with Gasteiger partial charge in [0.1, 0.15) is 0 Å². The Labute approximate surface area is 115 Å². The van der Waals surface area contributed by atoms with Crippen molar-refractivity contribution in [1.29, 1.82) is 0 Å². The summed E-state index contributed by atoms with van der Waals surface area (Å²) in [6, 6.07) is 10.2. The molecule has 0 spiro atoms. The van der Waals surface area contributed by atoms with E-state index in [0.717, 1.165) is 32.5 Å². The third-order valence-electron chi connectivity index (χ3n) is 3.46. The second kappa shape index (κ2) is 6.76. The van der Waals surface area contributed by atoms with Gasteiger partial charge in [0.25, 0.3) is 0 Å². The zero-order valence-electron chi connectivity index (χ0n) is 10.7. The number of halogens is 1. The lowest BCUT2D eigenvalue weighted by molar-refractivity contribution is -0.129. The third-order valence-corrected chi connectivity index (χ3v) is 3.46. The minimum absolute atomic E-state index is 0. The molecule has 18 heavy (non-hydrogen) atoms. The molecule has 0 aromatic heterocycles. The maximum absolute atomic E-state index is 12.0. The first-order valence-electron chi connectivity index (χ1n) is 6.24. The molecule has 3 nitrogen and oxygen atoms in total. The zero-order chi connectivity index (χ0) is 12.1. The quantitative estimate of drug-likeness (QED) is 0.874. The Kier molecular flexibility index (Phi) is 5.63. The number of benzene rings is 1. The second-order valence-corrected chi connectivity index (χ2v) is 4.98. The first-order valence-corrected chi connectivity index (χ1v) is 6.24. The van der Waals surface area contributed by atoms with Crippen molar-refractivity contribution < 1.29 is 4.79 Å². The minimum atomic E-state index is -0.212. The summed E-state index contributed by atoms with van der Waals surface area (Å²) in [5.41, 5.74) is 1.05. The van der Waals surface area contributed by atoms with Crippen LogP contribution in [0.4, 0.5) is 0 Å². The summed E-state index contributed by atoms with van der Waals surface area (Å²) in [6.07, 6.45) is 1.83. The molecule has 0 bridgehead atoms. The van der Waals surface area contributed by atoms with Gasteiger partial charge in [-0.15, -0.1) is 12.4 Å². The van der Waals surface area contributed by atoms with Gasteiger partial charge in [-0.3, -0.25) is 4.79 Å². The van der Waals surface area contributed by atoms with Crippen molar-refractivity contribution in [2.45, 2.75) is 19.8 Å². The lowest BCUT2D eigenvalue weighted by Crippen LogP contribution is -2.41. The van der Waals surface area contributed by atoms with E-state index in [1.165, 1.54) is 5.56 Å². The molecule has 1 amide bonds. The van der Waals surface area contributed by atoms with E-state index in [1.54, 1.807) is 0 Å². The van der Waals surface area contributed by atoms with Crippen LogP contribution in [0.5, 0.6) is 0 Å². The van der Waals surface area contributed by atoms with Crippen LogP contribution in [0.15, 0.2) is 30.3 Å². The zero-order valence-corrected chi connectivity index (χ0v) is 11.6. The van der Waals surface area contributed by atoms with Gasteiger partial charge in [0.2, 0.25) is 5.91 Å². The van der Waals surface area contributed by atoms with Crippen molar-refractivity contribution in [3.8, 4) is 0 Å². The molecule has 2 N–H and O–H groups in total. The second-order valence-electron chi connectivity index (χ2n) is 4.98. The fraction of sp³-hybridized carbons (Fsp3) is 0.500. The summed E-state index contributed by atoms with van der Waals surface area (Å²) < 4.78 is 0. The number of amides is 1. The first-order chi connectivity index (χ1) is 8.21. The predicted octanol–water partition coefficient (Wildman–Crippen LogP) is 1.77. The fourth-order valence-corrected chi connectivity index (χ4v) is 2.19.